The average molecular weight is 423 g/mol. The Morgan fingerprint density at radius 3 is 2.80 bits per heavy atom. The van der Waals surface area contributed by atoms with Gasteiger partial charge in [0, 0.05) is 49.2 Å². The second-order valence-electron chi connectivity index (χ2n) is 6.91. The van der Waals surface area contributed by atoms with Gasteiger partial charge < -0.3 is 10.0 Å². The number of hydrogen-bond donors (Lipinski definition) is 1. The number of anilines is 1. The molecule has 0 bridgehead atoms. The Labute approximate surface area is 172 Å². The van der Waals surface area contributed by atoms with E-state index in [2.05, 4.69) is 15.0 Å². The molecule has 0 unspecified atom stereocenters. The standard InChI is InChI=1S/C20H14FN5O3S/c21-15-6-13-16(27)14(19(28)29)10-26(20-23-4-5-30-20)17(13)24-18(15)25-8-12(9-25)11-2-1-3-22-7-11/h1-7,10,12H,8-9H2,(H,28,29). The largest absolute Gasteiger partial charge is 0.477 e. The van der Waals surface area contributed by atoms with Crippen molar-refractivity contribution in [2.75, 3.05) is 18.0 Å². The molecule has 30 heavy (non-hydrogen) atoms. The van der Waals surface area contributed by atoms with E-state index < -0.39 is 22.8 Å². The van der Waals surface area contributed by atoms with Gasteiger partial charge in [-0.05, 0) is 17.7 Å². The van der Waals surface area contributed by atoms with E-state index in [1.807, 2.05) is 12.1 Å². The van der Waals surface area contributed by atoms with Gasteiger partial charge in [-0.15, -0.1) is 11.3 Å². The second kappa shape index (κ2) is 6.99. The molecule has 0 atom stereocenters. The van der Waals surface area contributed by atoms with Crippen molar-refractivity contribution in [3.8, 4) is 5.13 Å². The first-order valence-electron chi connectivity index (χ1n) is 9.07. The molecule has 0 aliphatic carbocycles. The van der Waals surface area contributed by atoms with Gasteiger partial charge in [-0.3, -0.25) is 14.3 Å². The van der Waals surface area contributed by atoms with Gasteiger partial charge in [-0.25, -0.2) is 19.2 Å². The van der Waals surface area contributed by atoms with Crippen LogP contribution in [-0.4, -0.2) is 43.7 Å². The van der Waals surface area contributed by atoms with Gasteiger partial charge in [0.15, 0.2) is 22.4 Å². The summed E-state index contributed by atoms with van der Waals surface area (Å²) in [7, 11) is 0. The fourth-order valence-electron chi connectivity index (χ4n) is 3.55. The predicted molar refractivity (Wildman–Crippen MR) is 109 cm³/mol. The zero-order chi connectivity index (χ0) is 20.8. The fraction of sp³-hybridized carbons (Fsp3) is 0.150. The van der Waals surface area contributed by atoms with E-state index in [4.69, 9.17) is 0 Å². The predicted octanol–water partition coefficient (Wildman–Crippen LogP) is 2.68. The molecule has 5 heterocycles. The highest BCUT2D eigenvalue weighted by molar-refractivity contribution is 7.12. The summed E-state index contributed by atoms with van der Waals surface area (Å²) in [5.41, 5.74) is -0.00531. The number of rotatable bonds is 4. The molecule has 1 aliphatic heterocycles. The SMILES string of the molecule is O=C(O)c1cn(-c2nccs2)c2nc(N3CC(c4cccnc4)C3)c(F)cc2c1=O. The molecule has 4 aromatic rings. The molecule has 0 radical (unpaired) electrons. The summed E-state index contributed by atoms with van der Waals surface area (Å²) in [6, 6.07) is 4.90. The second-order valence-corrected chi connectivity index (χ2v) is 7.79. The number of aromatic carboxylic acids is 1. The number of pyridine rings is 3. The third-order valence-electron chi connectivity index (χ3n) is 5.11. The monoisotopic (exact) mass is 423 g/mol. The summed E-state index contributed by atoms with van der Waals surface area (Å²) in [4.78, 5) is 38.6. The van der Waals surface area contributed by atoms with Crippen LogP contribution in [0, 0.1) is 5.82 Å². The Kier molecular flexibility index (Phi) is 4.28. The van der Waals surface area contributed by atoms with Gasteiger partial charge in [0.1, 0.15) is 5.56 Å². The zero-order valence-corrected chi connectivity index (χ0v) is 16.2. The van der Waals surface area contributed by atoms with Gasteiger partial charge in [0.25, 0.3) is 0 Å². The Balaban J connectivity index is 1.61. The highest BCUT2D eigenvalue weighted by Crippen LogP contribution is 2.33. The summed E-state index contributed by atoms with van der Waals surface area (Å²) in [5, 5.41) is 11.4. The molecule has 8 nitrogen and oxygen atoms in total. The minimum Gasteiger partial charge on any atom is -0.477 e. The Bertz CT molecular complexity index is 1320. The minimum absolute atomic E-state index is 0.101. The van der Waals surface area contributed by atoms with Gasteiger partial charge in [-0.2, -0.15) is 0 Å². The lowest BCUT2D eigenvalue weighted by Crippen LogP contribution is -2.46. The molecule has 0 spiro atoms. The Morgan fingerprint density at radius 2 is 2.13 bits per heavy atom. The topological polar surface area (TPSA) is 101 Å². The third-order valence-corrected chi connectivity index (χ3v) is 5.88. The molecule has 1 fully saturated rings. The summed E-state index contributed by atoms with van der Waals surface area (Å²) < 4.78 is 16.3. The molecule has 10 heteroatoms. The lowest BCUT2D eigenvalue weighted by molar-refractivity contribution is 0.0695. The van der Waals surface area contributed by atoms with Crippen LogP contribution < -0.4 is 10.3 Å². The number of thiazole rings is 1. The van der Waals surface area contributed by atoms with Crippen molar-refractivity contribution < 1.29 is 14.3 Å². The highest BCUT2D eigenvalue weighted by Gasteiger charge is 2.32. The van der Waals surface area contributed by atoms with Crippen LogP contribution in [0.5, 0.6) is 0 Å². The molecule has 5 rings (SSSR count). The van der Waals surface area contributed by atoms with Crippen LogP contribution in [0.25, 0.3) is 16.2 Å². The molecule has 0 aromatic carbocycles. The van der Waals surface area contributed by atoms with E-state index in [0.717, 1.165) is 11.6 Å². The van der Waals surface area contributed by atoms with E-state index in [9.17, 15) is 19.1 Å². The number of halogens is 1. The van der Waals surface area contributed by atoms with E-state index in [0.29, 0.717) is 18.2 Å². The fourth-order valence-corrected chi connectivity index (χ4v) is 4.17. The van der Waals surface area contributed by atoms with Gasteiger partial charge >= 0.3 is 5.97 Å². The molecule has 1 saturated heterocycles. The first-order valence-corrected chi connectivity index (χ1v) is 9.95. The molecule has 0 saturated carbocycles. The van der Waals surface area contributed by atoms with Gasteiger partial charge in [-0.1, -0.05) is 6.07 Å². The summed E-state index contributed by atoms with van der Waals surface area (Å²) in [5.74, 6) is -1.72. The van der Waals surface area contributed by atoms with Crippen LogP contribution in [0.3, 0.4) is 0 Å². The van der Waals surface area contributed by atoms with Crippen LogP contribution in [0.15, 0.2) is 53.2 Å². The Morgan fingerprint density at radius 1 is 1.30 bits per heavy atom. The van der Waals surface area contributed by atoms with Gasteiger partial charge in [0.2, 0.25) is 5.43 Å². The maximum absolute atomic E-state index is 14.9. The summed E-state index contributed by atoms with van der Waals surface area (Å²) in [6.07, 6.45) is 6.24. The first-order chi connectivity index (χ1) is 14.5. The maximum Gasteiger partial charge on any atom is 0.341 e. The average Bonchev–Trinajstić information content (AvgIpc) is 3.23. The van der Waals surface area contributed by atoms with Crippen molar-refractivity contribution in [2.24, 2.45) is 0 Å². The first kappa shape index (κ1) is 18.4. The highest BCUT2D eigenvalue weighted by atomic mass is 32.1. The molecule has 4 aromatic heterocycles. The molecule has 1 N–H and O–H groups in total. The molecule has 150 valence electrons. The molecule has 0 amide bonds. The molecule has 1 aliphatic rings. The number of nitrogens with zero attached hydrogens (tertiary/aromatic N) is 5. The normalized spacial score (nSPS) is 14.1. The number of carboxylic acid groups (broad SMARTS) is 1. The van der Waals surface area contributed by atoms with E-state index in [1.54, 1.807) is 28.9 Å². The number of carbonyl (C=O) groups is 1. The van der Waals surface area contributed by atoms with Crippen molar-refractivity contribution in [2.45, 2.75) is 5.92 Å². The van der Waals surface area contributed by atoms with E-state index in [-0.39, 0.29) is 22.8 Å². The summed E-state index contributed by atoms with van der Waals surface area (Å²) in [6.45, 7) is 1.13. The van der Waals surface area contributed by atoms with Crippen molar-refractivity contribution >= 4 is 34.2 Å². The van der Waals surface area contributed by atoms with E-state index in [1.165, 1.54) is 22.1 Å². The summed E-state index contributed by atoms with van der Waals surface area (Å²) >= 11 is 1.26. The third kappa shape index (κ3) is 2.92. The lowest BCUT2D eigenvalue weighted by atomic mass is 9.93. The van der Waals surface area contributed by atoms with E-state index >= 15 is 0 Å². The van der Waals surface area contributed by atoms with Crippen molar-refractivity contribution in [3.05, 3.63) is 75.5 Å². The van der Waals surface area contributed by atoms with Crippen LogP contribution in [0.1, 0.15) is 21.8 Å². The van der Waals surface area contributed by atoms with Gasteiger partial charge in [0.05, 0.1) is 5.39 Å². The smallest absolute Gasteiger partial charge is 0.341 e. The van der Waals surface area contributed by atoms with Crippen molar-refractivity contribution in [1.82, 2.24) is 19.5 Å². The number of hydrogen-bond acceptors (Lipinski definition) is 7. The number of carboxylic acids is 1. The number of aromatic nitrogens is 4. The van der Waals surface area contributed by atoms with Crippen LogP contribution in [0.2, 0.25) is 0 Å². The lowest BCUT2D eigenvalue weighted by Gasteiger charge is -2.40. The Hall–Kier alpha value is -3.66. The molecular weight excluding hydrogens is 409 g/mol. The maximum atomic E-state index is 14.9. The minimum atomic E-state index is -1.39. The van der Waals surface area contributed by atoms with Crippen molar-refractivity contribution in [1.29, 1.82) is 0 Å². The number of fused-ring (bicyclic) bond motifs is 1. The quantitative estimate of drug-likeness (QED) is 0.538. The van der Waals surface area contributed by atoms with Crippen LogP contribution in [-0.2, 0) is 0 Å². The zero-order valence-electron chi connectivity index (χ0n) is 15.4. The van der Waals surface area contributed by atoms with Crippen LogP contribution in [0.4, 0.5) is 10.2 Å². The molecular formula is C20H14FN5O3S. The van der Waals surface area contributed by atoms with Crippen molar-refractivity contribution in [3.63, 3.8) is 0 Å². The van der Waals surface area contributed by atoms with Crippen LogP contribution >= 0.6 is 11.3 Å².